The summed E-state index contributed by atoms with van der Waals surface area (Å²) >= 11 is 0. The number of hydrazine groups is 1. The topological polar surface area (TPSA) is 125 Å². The second kappa shape index (κ2) is 7.63. The lowest BCUT2D eigenvalue weighted by molar-refractivity contribution is -0.125. The number of aromatic hydroxyl groups is 2. The number of ether oxygens (including phenoxy) is 1. The molecule has 0 aliphatic heterocycles. The van der Waals surface area contributed by atoms with Gasteiger partial charge in [-0.2, -0.15) is 0 Å². The highest BCUT2D eigenvalue weighted by Crippen LogP contribution is 2.22. The van der Waals surface area contributed by atoms with E-state index in [0.717, 1.165) is 12.1 Å². The average molecular weight is 330 g/mol. The molecule has 0 aliphatic rings. The lowest BCUT2D eigenvalue weighted by Gasteiger charge is -2.09. The number of nitrogens with one attached hydrogen (secondary N) is 2. The van der Waals surface area contributed by atoms with Gasteiger partial charge in [0.1, 0.15) is 17.1 Å². The van der Waals surface area contributed by atoms with Crippen molar-refractivity contribution in [1.29, 1.82) is 0 Å². The number of carbonyl (C=O) groups is 3. The molecule has 0 unspecified atom stereocenters. The summed E-state index contributed by atoms with van der Waals surface area (Å²) in [4.78, 5) is 35.0. The number of hydrogen-bond acceptors (Lipinski definition) is 6. The van der Waals surface area contributed by atoms with Crippen LogP contribution < -0.4 is 10.9 Å². The Hall–Kier alpha value is -3.55. The van der Waals surface area contributed by atoms with Gasteiger partial charge < -0.3 is 14.9 Å². The van der Waals surface area contributed by atoms with Crippen molar-refractivity contribution in [2.45, 2.75) is 0 Å². The van der Waals surface area contributed by atoms with E-state index in [1.165, 1.54) is 6.07 Å². The van der Waals surface area contributed by atoms with Crippen molar-refractivity contribution in [3.63, 3.8) is 0 Å². The highest BCUT2D eigenvalue weighted by Gasteiger charge is 2.15. The predicted molar refractivity (Wildman–Crippen MR) is 82.1 cm³/mol. The number of esters is 1. The van der Waals surface area contributed by atoms with Crippen LogP contribution in [0.15, 0.2) is 48.5 Å². The fourth-order valence-corrected chi connectivity index (χ4v) is 1.73. The second-order valence-corrected chi connectivity index (χ2v) is 4.65. The molecule has 8 nitrogen and oxygen atoms in total. The minimum Gasteiger partial charge on any atom is -0.508 e. The molecule has 0 bridgehead atoms. The van der Waals surface area contributed by atoms with Gasteiger partial charge in [-0.3, -0.25) is 20.4 Å². The van der Waals surface area contributed by atoms with Gasteiger partial charge in [0.05, 0.1) is 0 Å². The summed E-state index contributed by atoms with van der Waals surface area (Å²) in [5, 5.41) is 18.6. The van der Waals surface area contributed by atoms with Gasteiger partial charge in [-0.1, -0.05) is 18.2 Å². The van der Waals surface area contributed by atoms with E-state index in [2.05, 4.69) is 10.9 Å². The first-order valence-corrected chi connectivity index (χ1v) is 6.80. The standard InChI is InChI=1S/C16H14N2O6/c19-11-6-7-12(13(20)8-11)16(23)24-9-14(21)17-18-15(22)10-4-2-1-3-5-10/h1-8,19-20H,9H2,(H,17,21)(H,18,22). The number of phenolic OH excluding ortho intramolecular Hbond substituents is 2. The van der Waals surface area contributed by atoms with E-state index in [-0.39, 0.29) is 11.3 Å². The summed E-state index contributed by atoms with van der Waals surface area (Å²) in [5.74, 6) is -2.92. The molecule has 2 rings (SSSR count). The van der Waals surface area contributed by atoms with E-state index < -0.39 is 30.1 Å². The molecule has 0 radical (unpaired) electrons. The minimum atomic E-state index is -0.947. The molecule has 0 heterocycles. The van der Waals surface area contributed by atoms with Crippen molar-refractivity contribution in [3.05, 3.63) is 59.7 Å². The Morgan fingerprint density at radius 3 is 2.33 bits per heavy atom. The van der Waals surface area contributed by atoms with Gasteiger partial charge in [0.2, 0.25) is 0 Å². The van der Waals surface area contributed by atoms with E-state index in [1.807, 2.05) is 0 Å². The van der Waals surface area contributed by atoms with Crippen LogP contribution in [0.25, 0.3) is 0 Å². The van der Waals surface area contributed by atoms with Crippen molar-refractivity contribution in [1.82, 2.24) is 10.9 Å². The number of amides is 2. The molecule has 124 valence electrons. The molecule has 4 N–H and O–H groups in total. The van der Waals surface area contributed by atoms with Crippen molar-refractivity contribution >= 4 is 17.8 Å². The minimum absolute atomic E-state index is 0.200. The quantitative estimate of drug-likeness (QED) is 0.483. The Morgan fingerprint density at radius 2 is 1.67 bits per heavy atom. The zero-order valence-electron chi connectivity index (χ0n) is 12.4. The fourth-order valence-electron chi connectivity index (χ4n) is 1.73. The van der Waals surface area contributed by atoms with Crippen LogP contribution in [0.5, 0.6) is 11.5 Å². The molecule has 24 heavy (non-hydrogen) atoms. The molecule has 2 aromatic rings. The van der Waals surface area contributed by atoms with Crippen molar-refractivity contribution in [2.24, 2.45) is 0 Å². The molecule has 0 saturated heterocycles. The van der Waals surface area contributed by atoms with Gasteiger partial charge in [0.25, 0.3) is 11.8 Å². The monoisotopic (exact) mass is 330 g/mol. The average Bonchev–Trinajstić information content (AvgIpc) is 2.58. The predicted octanol–water partition coefficient (Wildman–Crippen LogP) is 0.716. The Morgan fingerprint density at radius 1 is 0.958 bits per heavy atom. The molecular weight excluding hydrogens is 316 g/mol. The summed E-state index contributed by atoms with van der Waals surface area (Å²) in [6, 6.07) is 11.5. The Kier molecular flexibility index (Phi) is 5.35. The van der Waals surface area contributed by atoms with E-state index in [4.69, 9.17) is 9.84 Å². The van der Waals surface area contributed by atoms with E-state index in [0.29, 0.717) is 5.56 Å². The van der Waals surface area contributed by atoms with Crippen LogP contribution in [0, 0.1) is 0 Å². The zero-order chi connectivity index (χ0) is 17.5. The Bertz CT molecular complexity index is 760. The van der Waals surface area contributed by atoms with Crippen molar-refractivity contribution < 1.29 is 29.3 Å². The lowest BCUT2D eigenvalue weighted by Crippen LogP contribution is -2.43. The van der Waals surface area contributed by atoms with E-state index in [9.17, 15) is 19.5 Å². The maximum Gasteiger partial charge on any atom is 0.342 e. The van der Waals surface area contributed by atoms with Crippen molar-refractivity contribution in [3.8, 4) is 11.5 Å². The third-order valence-corrected chi connectivity index (χ3v) is 2.89. The molecule has 0 fully saturated rings. The number of benzene rings is 2. The number of phenols is 2. The molecule has 0 aliphatic carbocycles. The van der Waals surface area contributed by atoms with Gasteiger partial charge in [-0.15, -0.1) is 0 Å². The normalized spacial score (nSPS) is 9.83. The van der Waals surface area contributed by atoms with Crippen LogP contribution in [-0.4, -0.2) is 34.6 Å². The Labute approximate surface area is 136 Å². The van der Waals surface area contributed by atoms with Gasteiger partial charge in [-0.05, 0) is 24.3 Å². The lowest BCUT2D eigenvalue weighted by atomic mass is 10.2. The molecular formula is C16H14N2O6. The fraction of sp³-hybridized carbons (Fsp3) is 0.0625. The van der Waals surface area contributed by atoms with Crippen LogP contribution in [0.2, 0.25) is 0 Å². The summed E-state index contributed by atoms with van der Waals surface area (Å²) < 4.78 is 4.70. The van der Waals surface area contributed by atoms with Crippen LogP contribution >= 0.6 is 0 Å². The first-order chi connectivity index (χ1) is 11.5. The van der Waals surface area contributed by atoms with E-state index >= 15 is 0 Å². The second-order valence-electron chi connectivity index (χ2n) is 4.65. The number of rotatable bonds is 4. The van der Waals surface area contributed by atoms with Crippen LogP contribution in [0.3, 0.4) is 0 Å². The van der Waals surface area contributed by atoms with Crippen LogP contribution in [-0.2, 0) is 9.53 Å². The number of carbonyl (C=O) groups excluding carboxylic acids is 3. The summed E-state index contributed by atoms with van der Waals surface area (Å²) in [5.41, 5.74) is 4.41. The van der Waals surface area contributed by atoms with Crippen LogP contribution in [0.4, 0.5) is 0 Å². The highest BCUT2D eigenvalue weighted by molar-refractivity contribution is 5.96. The highest BCUT2D eigenvalue weighted by atomic mass is 16.5. The van der Waals surface area contributed by atoms with Crippen LogP contribution in [0.1, 0.15) is 20.7 Å². The molecule has 2 amide bonds. The summed E-state index contributed by atoms with van der Waals surface area (Å²) in [7, 11) is 0. The molecule has 0 aromatic heterocycles. The summed E-state index contributed by atoms with van der Waals surface area (Å²) in [6.07, 6.45) is 0. The first kappa shape index (κ1) is 16.8. The van der Waals surface area contributed by atoms with Gasteiger partial charge in [0, 0.05) is 11.6 Å². The third-order valence-electron chi connectivity index (χ3n) is 2.89. The zero-order valence-corrected chi connectivity index (χ0v) is 12.4. The smallest absolute Gasteiger partial charge is 0.342 e. The number of hydrogen-bond donors (Lipinski definition) is 4. The summed E-state index contributed by atoms with van der Waals surface area (Å²) in [6.45, 7) is -0.659. The molecule has 0 atom stereocenters. The van der Waals surface area contributed by atoms with Gasteiger partial charge in [-0.25, -0.2) is 4.79 Å². The maximum absolute atomic E-state index is 11.7. The molecule has 8 heteroatoms. The Balaban J connectivity index is 1.80. The van der Waals surface area contributed by atoms with Gasteiger partial charge >= 0.3 is 5.97 Å². The molecule has 0 spiro atoms. The van der Waals surface area contributed by atoms with E-state index in [1.54, 1.807) is 30.3 Å². The largest absolute Gasteiger partial charge is 0.508 e. The van der Waals surface area contributed by atoms with Crippen molar-refractivity contribution in [2.75, 3.05) is 6.61 Å². The van der Waals surface area contributed by atoms with Gasteiger partial charge in [0.15, 0.2) is 6.61 Å². The molecule has 0 saturated carbocycles. The first-order valence-electron chi connectivity index (χ1n) is 6.80. The maximum atomic E-state index is 11.7. The molecule has 2 aromatic carbocycles. The third kappa shape index (κ3) is 4.47. The SMILES string of the molecule is O=C(COC(=O)c1ccc(O)cc1O)NNC(=O)c1ccccc1.